The summed E-state index contributed by atoms with van der Waals surface area (Å²) in [5.74, 6) is -2.36. The predicted molar refractivity (Wildman–Crippen MR) is 64.1 cm³/mol. The summed E-state index contributed by atoms with van der Waals surface area (Å²) in [6.07, 6.45) is -3.13. The molecule has 0 radical (unpaired) electrons. The fourth-order valence-electron chi connectivity index (χ4n) is 1.31. The Bertz CT molecular complexity index is 701. The van der Waals surface area contributed by atoms with Crippen LogP contribution in [0, 0.1) is 0 Å². The molecule has 2 aromatic heterocycles. The monoisotopic (exact) mass is 318 g/mol. The van der Waals surface area contributed by atoms with Crippen molar-refractivity contribution in [1.29, 1.82) is 0 Å². The van der Waals surface area contributed by atoms with Crippen molar-refractivity contribution in [3.05, 3.63) is 35.3 Å². The molecule has 21 heavy (non-hydrogen) atoms. The van der Waals surface area contributed by atoms with Gasteiger partial charge in [-0.05, 0) is 6.07 Å². The van der Waals surface area contributed by atoms with Crippen molar-refractivity contribution in [3.63, 3.8) is 0 Å². The van der Waals surface area contributed by atoms with Gasteiger partial charge in [-0.2, -0.15) is 13.2 Å². The van der Waals surface area contributed by atoms with Crippen molar-refractivity contribution >= 4 is 28.4 Å². The number of carbonyl (C=O) groups is 2. The molecule has 0 atom stereocenters. The van der Waals surface area contributed by atoms with Crippen LogP contribution in [-0.2, 0) is 6.18 Å². The Hall–Kier alpha value is -2.56. The van der Waals surface area contributed by atoms with Crippen LogP contribution in [0.25, 0.3) is 0 Å². The van der Waals surface area contributed by atoms with Gasteiger partial charge in [-0.1, -0.05) is 4.49 Å². The van der Waals surface area contributed by atoms with E-state index in [1.807, 2.05) is 0 Å². The number of hydrogen-bond donors (Lipinski definition) is 2. The molecule has 0 aliphatic heterocycles. The van der Waals surface area contributed by atoms with E-state index in [0.29, 0.717) is 23.8 Å². The van der Waals surface area contributed by atoms with Crippen molar-refractivity contribution in [2.24, 2.45) is 0 Å². The quantitative estimate of drug-likeness (QED) is 0.895. The standard InChI is InChI=1S/C10H5F3N4O3S/c11-10(12,13)5-1-4(2-14-3-5)7(18)15-8-6(9(19)20)16-17-21-8/h1-3H,(H,15,18)(H,19,20). The topological polar surface area (TPSA) is 105 Å². The molecule has 2 rings (SSSR count). The lowest BCUT2D eigenvalue weighted by Crippen LogP contribution is -2.15. The first-order chi connectivity index (χ1) is 9.79. The summed E-state index contributed by atoms with van der Waals surface area (Å²) in [6, 6.07) is 0.608. The average Bonchev–Trinajstić information content (AvgIpc) is 2.86. The number of alkyl halides is 3. The van der Waals surface area contributed by atoms with Crippen LogP contribution in [0.5, 0.6) is 0 Å². The lowest BCUT2D eigenvalue weighted by Gasteiger charge is -2.07. The van der Waals surface area contributed by atoms with Gasteiger partial charge in [0.2, 0.25) is 5.69 Å². The maximum Gasteiger partial charge on any atom is 0.417 e. The van der Waals surface area contributed by atoms with E-state index in [0.717, 1.165) is 6.20 Å². The number of nitrogens with zero attached hydrogens (tertiary/aromatic N) is 3. The Kier molecular flexibility index (Phi) is 3.84. The van der Waals surface area contributed by atoms with Gasteiger partial charge in [0, 0.05) is 23.9 Å². The molecule has 0 unspecified atom stereocenters. The number of anilines is 1. The molecule has 0 bridgehead atoms. The van der Waals surface area contributed by atoms with Crippen molar-refractivity contribution in [1.82, 2.24) is 14.6 Å². The predicted octanol–water partition coefficient (Wildman–Crippen LogP) is 1.90. The van der Waals surface area contributed by atoms with Crippen LogP contribution in [0.2, 0.25) is 0 Å². The zero-order valence-electron chi connectivity index (χ0n) is 9.88. The van der Waals surface area contributed by atoms with Gasteiger partial charge in [0.25, 0.3) is 5.91 Å². The zero-order chi connectivity index (χ0) is 15.6. The van der Waals surface area contributed by atoms with E-state index in [-0.39, 0.29) is 10.6 Å². The second-order valence-electron chi connectivity index (χ2n) is 3.67. The zero-order valence-corrected chi connectivity index (χ0v) is 10.7. The van der Waals surface area contributed by atoms with Crippen LogP contribution < -0.4 is 5.32 Å². The maximum absolute atomic E-state index is 12.5. The van der Waals surface area contributed by atoms with Gasteiger partial charge in [0.15, 0.2) is 5.00 Å². The highest BCUT2D eigenvalue weighted by Crippen LogP contribution is 2.29. The maximum atomic E-state index is 12.5. The Morgan fingerprint density at radius 3 is 2.62 bits per heavy atom. The van der Waals surface area contributed by atoms with Gasteiger partial charge in [-0.15, -0.1) is 5.10 Å². The number of carbonyl (C=O) groups excluding carboxylic acids is 1. The number of aromatic carboxylic acids is 1. The Labute approximate surface area is 118 Å². The number of halogens is 3. The second kappa shape index (κ2) is 5.44. The van der Waals surface area contributed by atoms with Crippen molar-refractivity contribution in [3.8, 4) is 0 Å². The van der Waals surface area contributed by atoms with Crippen LogP contribution in [0.4, 0.5) is 18.2 Å². The van der Waals surface area contributed by atoms with E-state index in [9.17, 15) is 22.8 Å². The number of carboxylic acids is 1. The van der Waals surface area contributed by atoms with Gasteiger partial charge in [-0.25, -0.2) is 4.79 Å². The third-order valence-electron chi connectivity index (χ3n) is 2.25. The van der Waals surface area contributed by atoms with Gasteiger partial charge in [0.1, 0.15) is 0 Å². The molecule has 0 aliphatic rings. The lowest BCUT2D eigenvalue weighted by atomic mass is 10.2. The van der Waals surface area contributed by atoms with Crippen LogP contribution in [0.15, 0.2) is 18.5 Å². The molecule has 1 amide bonds. The molecule has 0 spiro atoms. The average molecular weight is 318 g/mol. The van der Waals surface area contributed by atoms with Crippen LogP contribution in [0.1, 0.15) is 26.4 Å². The second-order valence-corrected chi connectivity index (χ2v) is 4.42. The van der Waals surface area contributed by atoms with Crippen molar-refractivity contribution < 1.29 is 27.9 Å². The first-order valence-corrected chi connectivity index (χ1v) is 5.95. The minimum Gasteiger partial charge on any atom is -0.476 e. The normalized spacial score (nSPS) is 11.2. The van der Waals surface area contributed by atoms with Crippen molar-refractivity contribution in [2.45, 2.75) is 6.18 Å². The molecule has 2 heterocycles. The number of hydrogen-bond acceptors (Lipinski definition) is 6. The fraction of sp³-hybridized carbons (Fsp3) is 0.100. The number of pyridine rings is 1. The molecule has 0 aliphatic carbocycles. The van der Waals surface area contributed by atoms with Crippen LogP contribution in [-0.4, -0.2) is 31.6 Å². The summed E-state index contributed by atoms with van der Waals surface area (Å²) >= 11 is 0.594. The third-order valence-corrected chi connectivity index (χ3v) is 2.89. The molecule has 0 saturated heterocycles. The van der Waals surface area contributed by atoms with Gasteiger partial charge in [0.05, 0.1) is 11.1 Å². The Balaban J connectivity index is 2.25. The molecular weight excluding hydrogens is 313 g/mol. The highest BCUT2D eigenvalue weighted by molar-refractivity contribution is 7.10. The van der Waals surface area contributed by atoms with E-state index in [2.05, 4.69) is 19.9 Å². The molecule has 11 heteroatoms. The molecular formula is C10H5F3N4O3S. The summed E-state index contributed by atoms with van der Waals surface area (Å²) in [5.41, 5.74) is -1.95. The highest BCUT2D eigenvalue weighted by Gasteiger charge is 2.31. The Morgan fingerprint density at radius 2 is 2.00 bits per heavy atom. The van der Waals surface area contributed by atoms with Crippen LogP contribution >= 0.6 is 11.5 Å². The van der Waals surface area contributed by atoms with Crippen LogP contribution in [0.3, 0.4) is 0 Å². The van der Waals surface area contributed by atoms with Gasteiger partial charge in [-0.3, -0.25) is 9.78 Å². The van der Waals surface area contributed by atoms with Crippen molar-refractivity contribution in [2.75, 3.05) is 5.32 Å². The first-order valence-electron chi connectivity index (χ1n) is 5.18. The molecule has 110 valence electrons. The molecule has 2 N–H and O–H groups in total. The summed E-state index contributed by atoms with van der Waals surface area (Å²) < 4.78 is 40.9. The third kappa shape index (κ3) is 3.31. The van der Waals surface area contributed by atoms with E-state index >= 15 is 0 Å². The Morgan fingerprint density at radius 1 is 1.29 bits per heavy atom. The molecule has 7 nitrogen and oxygen atoms in total. The highest BCUT2D eigenvalue weighted by atomic mass is 32.1. The number of nitrogens with one attached hydrogen (secondary N) is 1. The summed E-state index contributed by atoms with van der Waals surface area (Å²) in [4.78, 5) is 25.9. The smallest absolute Gasteiger partial charge is 0.417 e. The SMILES string of the molecule is O=C(Nc1snnc1C(=O)O)c1cncc(C(F)(F)F)c1. The minimum absolute atomic E-state index is 0.176. The lowest BCUT2D eigenvalue weighted by molar-refractivity contribution is -0.137. The van der Waals surface area contributed by atoms with E-state index < -0.39 is 29.3 Å². The number of aromatic nitrogens is 3. The van der Waals surface area contributed by atoms with E-state index in [4.69, 9.17) is 5.11 Å². The largest absolute Gasteiger partial charge is 0.476 e. The molecule has 2 aromatic rings. The number of amides is 1. The van der Waals surface area contributed by atoms with E-state index in [1.54, 1.807) is 0 Å². The molecule has 0 aromatic carbocycles. The number of carboxylic acid groups (broad SMARTS) is 1. The number of rotatable bonds is 3. The fourth-order valence-corrected chi connectivity index (χ4v) is 1.86. The summed E-state index contributed by atoms with van der Waals surface area (Å²) in [6.45, 7) is 0. The van der Waals surface area contributed by atoms with Gasteiger partial charge >= 0.3 is 12.1 Å². The summed E-state index contributed by atoms with van der Waals surface area (Å²) in [5, 5.41) is 14.0. The first kappa shape index (κ1) is 14.8. The molecule has 0 saturated carbocycles. The van der Waals surface area contributed by atoms with Gasteiger partial charge < -0.3 is 10.4 Å². The van der Waals surface area contributed by atoms with E-state index in [1.165, 1.54) is 0 Å². The summed E-state index contributed by atoms with van der Waals surface area (Å²) in [7, 11) is 0. The molecule has 0 fully saturated rings. The minimum atomic E-state index is -4.64.